The topological polar surface area (TPSA) is 48.5 Å². The predicted molar refractivity (Wildman–Crippen MR) is 113 cm³/mol. The number of hydrogen-bond acceptors (Lipinski definition) is 5. The van der Waals surface area contributed by atoms with Crippen molar-refractivity contribution >= 4 is 17.7 Å². The first kappa shape index (κ1) is 20.6. The smallest absolute Gasteiger partial charge is 0.223 e. The van der Waals surface area contributed by atoms with Gasteiger partial charge in [0.15, 0.2) is 0 Å². The first-order valence-electron chi connectivity index (χ1n) is 10.3. The lowest BCUT2D eigenvalue weighted by Gasteiger charge is -2.41. The van der Waals surface area contributed by atoms with E-state index in [9.17, 15) is 4.79 Å². The average molecular weight is 391 g/mol. The monoisotopic (exact) mass is 390 g/mol. The second-order valence-corrected chi connectivity index (χ2v) is 8.86. The zero-order valence-electron chi connectivity index (χ0n) is 16.8. The van der Waals surface area contributed by atoms with E-state index in [1.54, 1.807) is 11.8 Å². The van der Waals surface area contributed by atoms with Gasteiger partial charge in [-0.05, 0) is 64.1 Å². The number of nitrogens with zero attached hydrogens (tertiary/aromatic N) is 3. The van der Waals surface area contributed by atoms with Crippen molar-refractivity contribution in [3.05, 3.63) is 29.6 Å². The predicted octanol–water partition coefficient (Wildman–Crippen LogP) is 2.55. The molecule has 2 fully saturated rings. The van der Waals surface area contributed by atoms with Gasteiger partial charge in [0, 0.05) is 49.6 Å². The van der Waals surface area contributed by atoms with Crippen molar-refractivity contribution in [3.63, 3.8) is 0 Å². The van der Waals surface area contributed by atoms with Crippen molar-refractivity contribution in [3.8, 4) is 0 Å². The summed E-state index contributed by atoms with van der Waals surface area (Å²) in [5.41, 5.74) is 2.28. The highest BCUT2D eigenvalue weighted by molar-refractivity contribution is 7.98. The van der Waals surface area contributed by atoms with Crippen molar-refractivity contribution in [1.82, 2.24) is 20.1 Å². The van der Waals surface area contributed by atoms with Crippen LogP contribution >= 0.6 is 11.8 Å². The first-order chi connectivity index (χ1) is 13.2. The molecule has 0 bridgehead atoms. The molecule has 0 aromatic carbocycles. The Morgan fingerprint density at radius 3 is 2.59 bits per heavy atom. The average Bonchev–Trinajstić information content (AvgIpc) is 2.69. The molecule has 5 nitrogen and oxygen atoms in total. The molecular formula is C21H34N4OS. The van der Waals surface area contributed by atoms with Gasteiger partial charge in [0.05, 0.1) is 5.69 Å². The Balaban J connectivity index is 1.37. The van der Waals surface area contributed by atoms with Crippen LogP contribution in [0, 0.1) is 12.8 Å². The van der Waals surface area contributed by atoms with Crippen LogP contribution in [0.5, 0.6) is 0 Å². The lowest BCUT2D eigenvalue weighted by Crippen LogP contribution is -2.49. The molecule has 0 aliphatic carbocycles. The summed E-state index contributed by atoms with van der Waals surface area (Å²) in [5, 5.41) is 3.09. The van der Waals surface area contributed by atoms with Crippen LogP contribution in [0.25, 0.3) is 0 Å². The molecular weight excluding hydrogens is 356 g/mol. The van der Waals surface area contributed by atoms with E-state index < -0.39 is 0 Å². The quantitative estimate of drug-likeness (QED) is 0.725. The summed E-state index contributed by atoms with van der Waals surface area (Å²) in [7, 11) is 0. The number of pyridine rings is 1. The summed E-state index contributed by atoms with van der Waals surface area (Å²) >= 11 is 1.78. The molecule has 27 heavy (non-hydrogen) atoms. The maximum atomic E-state index is 12.2. The van der Waals surface area contributed by atoms with Crippen LogP contribution in [-0.2, 0) is 11.3 Å². The Morgan fingerprint density at radius 2 is 1.93 bits per heavy atom. The van der Waals surface area contributed by atoms with Crippen LogP contribution in [0.4, 0.5) is 0 Å². The van der Waals surface area contributed by atoms with Crippen molar-refractivity contribution in [2.75, 3.05) is 44.7 Å². The van der Waals surface area contributed by atoms with Gasteiger partial charge >= 0.3 is 0 Å². The van der Waals surface area contributed by atoms with Crippen LogP contribution in [-0.4, -0.2) is 71.5 Å². The zero-order valence-corrected chi connectivity index (χ0v) is 17.6. The molecule has 0 saturated carbocycles. The van der Waals surface area contributed by atoms with E-state index in [-0.39, 0.29) is 11.8 Å². The van der Waals surface area contributed by atoms with Crippen molar-refractivity contribution in [2.45, 2.75) is 45.2 Å². The fourth-order valence-corrected chi connectivity index (χ4v) is 4.61. The third-order valence-corrected chi connectivity index (χ3v) is 6.52. The van der Waals surface area contributed by atoms with Gasteiger partial charge in [-0.15, -0.1) is 0 Å². The molecule has 0 spiro atoms. The summed E-state index contributed by atoms with van der Waals surface area (Å²) in [4.78, 5) is 22.0. The minimum absolute atomic E-state index is 0.218. The normalized spacial score (nSPS) is 20.7. The number of rotatable bonds is 7. The number of hydrogen-bond donors (Lipinski definition) is 1. The number of amides is 1. The Kier molecular flexibility index (Phi) is 7.97. The summed E-state index contributed by atoms with van der Waals surface area (Å²) < 4.78 is 0. The number of aryl methyl sites for hydroxylation is 1. The summed E-state index contributed by atoms with van der Waals surface area (Å²) in [6.45, 7) is 8.27. The van der Waals surface area contributed by atoms with E-state index in [1.165, 1.54) is 18.5 Å². The highest BCUT2D eigenvalue weighted by atomic mass is 32.2. The third-order valence-electron chi connectivity index (χ3n) is 5.91. The van der Waals surface area contributed by atoms with Crippen LogP contribution in [0.2, 0.25) is 0 Å². The van der Waals surface area contributed by atoms with Crippen LogP contribution in [0.1, 0.15) is 37.1 Å². The van der Waals surface area contributed by atoms with Gasteiger partial charge in [0.25, 0.3) is 0 Å². The van der Waals surface area contributed by atoms with Gasteiger partial charge < -0.3 is 10.2 Å². The van der Waals surface area contributed by atoms with Crippen molar-refractivity contribution < 1.29 is 4.79 Å². The van der Waals surface area contributed by atoms with Gasteiger partial charge in [0.1, 0.15) is 0 Å². The summed E-state index contributed by atoms with van der Waals surface area (Å²) in [5.74, 6) is 1.49. The lowest BCUT2D eigenvalue weighted by atomic mass is 9.93. The maximum absolute atomic E-state index is 12.2. The fraction of sp³-hybridized carbons (Fsp3) is 0.714. The molecule has 1 aromatic rings. The van der Waals surface area contributed by atoms with E-state index in [2.05, 4.69) is 51.5 Å². The van der Waals surface area contributed by atoms with E-state index in [4.69, 9.17) is 0 Å². The molecule has 1 amide bonds. The van der Waals surface area contributed by atoms with Gasteiger partial charge in [-0.1, -0.05) is 6.07 Å². The number of likely N-dealkylation sites (tertiary alicyclic amines) is 2. The SMILES string of the molecule is CSCCNC(=O)C1CCN(C2CCN(Cc3cccc(C)n3)CC2)CC1. The van der Waals surface area contributed by atoms with Gasteiger partial charge in [0.2, 0.25) is 5.91 Å². The molecule has 1 N–H and O–H groups in total. The van der Waals surface area contributed by atoms with Gasteiger partial charge in [-0.25, -0.2) is 0 Å². The van der Waals surface area contributed by atoms with Gasteiger partial charge in [-0.2, -0.15) is 11.8 Å². The Hall–Kier alpha value is -1.11. The van der Waals surface area contributed by atoms with E-state index in [0.29, 0.717) is 6.04 Å². The molecule has 150 valence electrons. The highest BCUT2D eigenvalue weighted by Gasteiger charge is 2.30. The van der Waals surface area contributed by atoms with E-state index in [0.717, 1.165) is 63.6 Å². The Morgan fingerprint density at radius 1 is 1.19 bits per heavy atom. The number of thioether (sulfide) groups is 1. The molecule has 3 rings (SSSR count). The third kappa shape index (κ3) is 6.19. The molecule has 1 aromatic heterocycles. The molecule has 2 aliphatic heterocycles. The zero-order chi connectivity index (χ0) is 19.1. The molecule has 2 saturated heterocycles. The number of piperidine rings is 2. The summed E-state index contributed by atoms with van der Waals surface area (Å²) in [6, 6.07) is 6.98. The number of carbonyl (C=O) groups is 1. The Bertz CT molecular complexity index is 596. The van der Waals surface area contributed by atoms with E-state index >= 15 is 0 Å². The number of nitrogens with one attached hydrogen (secondary N) is 1. The van der Waals surface area contributed by atoms with Crippen LogP contribution in [0.15, 0.2) is 18.2 Å². The first-order valence-corrected chi connectivity index (χ1v) is 11.7. The van der Waals surface area contributed by atoms with Crippen molar-refractivity contribution in [1.29, 1.82) is 0 Å². The molecule has 0 radical (unpaired) electrons. The second kappa shape index (κ2) is 10.4. The maximum Gasteiger partial charge on any atom is 0.223 e. The van der Waals surface area contributed by atoms with E-state index in [1.807, 2.05) is 0 Å². The molecule has 0 atom stereocenters. The minimum atomic E-state index is 0.218. The van der Waals surface area contributed by atoms with Crippen molar-refractivity contribution in [2.24, 2.45) is 5.92 Å². The standard InChI is InChI=1S/C21H34N4OS/c1-17-4-3-5-19(23-17)16-24-11-8-20(9-12-24)25-13-6-18(7-14-25)21(26)22-10-15-27-2/h3-5,18,20H,6-16H2,1-2H3,(H,22,26). The highest BCUT2D eigenvalue weighted by Crippen LogP contribution is 2.24. The fourth-order valence-electron chi connectivity index (χ4n) is 4.31. The molecule has 3 heterocycles. The summed E-state index contributed by atoms with van der Waals surface area (Å²) in [6.07, 6.45) is 6.57. The molecule has 0 unspecified atom stereocenters. The second-order valence-electron chi connectivity index (χ2n) is 7.87. The largest absolute Gasteiger partial charge is 0.355 e. The molecule has 2 aliphatic rings. The van der Waals surface area contributed by atoms with Crippen LogP contribution < -0.4 is 5.32 Å². The lowest BCUT2D eigenvalue weighted by molar-refractivity contribution is -0.126. The number of carbonyl (C=O) groups excluding carboxylic acids is 1. The number of aromatic nitrogens is 1. The minimum Gasteiger partial charge on any atom is -0.355 e. The molecule has 6 heteroatoms. The van der Waals surface area contributed by atoms with Gasteiger partial charge in [-0.3, -0.25) is 14.7 Å². The van der Waals surface area contributed by atoms with Crippen LogP contribution in [0.3, 0.4) is 0 Å². The Labute approximate surface area is 168 Å².